The number of hydrogen-bond acceptors (Lipinski definition) is 5. The lowest BCUT2D eigenvalue weighted by molar-refractivity contribution is 0.160. The Kier molecular flexibility index (Phi) is 4.33. The summed E-state index contributed by atoms with van der Waals surface area (Å²) >= 11 is 0. The third-order valence-electron chi connectivity index (χ3n) is 3.45. The van der Waals surface area contributed by atoms with Gasteiger partial charge in [-0.25, -0.2) is 4.79 Å². The van der Waals surface area contributed by atoms with Gasteiger partial charge in [-0.15, -0.1) is 0 Å². The van der Waals surface area contributed by atoms with Crippen LogP contribution in [0.25, 0.3) is 0 Å². The van der Waals surface area contributed by atoms with Crippen molar-refractivity contribution >= 4 is 13.7 Å². The second-order valence-electron chi connectivity index (χ2n) is 4.67. The predicted octanol–water partition coefficient (Wildman–Crippen LogP) is 2.26. The zero-order chi connectivity index (χ0) is 14.0. The molecule has 2 rings (SSSR count). The number of carbonyl (C=O) groups is 1. The molecule has 2 aliphatic rings. The van der Waals surface area contributed by atoms with Crippen molar-refractivity contribution in [1.29, 1.82) is 0 Å². The van der Waals surface area contributed by atoms with Crippen LogP contribution in [0.2, 0.25) is 0 Å². The monoisotopic (exact) mass is 289 g/mol. The highest BCUT2D eigenvalue weighted by Crippen LogP contribution is 2.52. The van der Waals surface area contributed by atoms with Gasteiger partial charge in [0.1, 0.15) is 6.61 Å². The van der Waals surface area contributed by atoms with E-state index in [-0.39, 0.29) is 24.2 Å². The van der Waals surface area contributed by atoms with E-state index in [9.17, 15) is 9.36 Å². The molecule has 0 spiro atoms. The van der Waals surface area contributed by atoms with E-state index in [2.05, 4.69) is 6.58 Å². The Morgan fingerprint density at radius 3 is 2.63 bits per heavy atom. The van der Waals surface area contributed by atoms with Crippen LogP contribution < -0.4 is 0 Å². The Balaban J connectivity index is 2.10. The van der Waals surface area contributed by atoms with Crippen LogP contribution in [0, 0.1) is 5.92 Å². The molecule has 0 aromatic carbocycles. The van der Waals surface area contributed by atoms with Crippen LogP contribution in [0.3, 0.4) is 0 Å². The van der Waals surface area contributed by atoms with Crippen LogP contribution in [-0.2, 0) is 18.3 Å². The van der Waals surface area contributed by atoms with E-state index in [4.69, 9.17) is 13.8 Å². The Labute approximate surface area is 113 Å². The van der Waals surface area contributed by atoms with E-state index in [0.717, 1.165) is 5.57 Å². The molecule has 2 atom stereocenters. The predicted molar refractivity (Wildman–Crippen MR) is 70.2 cm³/mol. The zero-order valence-electron chi connectivity index (χ0n) is 11.3. The van der Waals surface area contributed by atoms with Gasteiger partial charge in [-0.2, -0.15) is 0 Å². The van der Waals surface area contributed by atoms with Crippen molar-refractivity contribution in [3.63, 3.8) is 0 Å². The van der Waals surface area contributed by atoms with Crippen LogP contribution in [0.1, 0.15) is 13.8 Å². The average molecular weight is 289 g/mol. The minimum absolute atomic E-state index is 0.0876. The smallest absolute Gasteiger partial charge is 0.410 e. The van der Waals surface area contributed by atoms with E-state index < -0.39 is 7.60 Å². The maximum absolute atomic E-state index is 12.6. The average Bonchev–Trinajstić information content (AvgIpc) is 2.83. The lowest BCUT2D eigenvalue weighted by Gasteiger charge is -2.23. The van der Waals surface area contributed by atoms with Gasteiger partial charge in [0.25, 0.3) is 0 Å². The van der Waals surface area contributed by atoms with Gasteiger partial charge in [0.05, 0.1) is 25.4 Å². The molecule has 0 unspecified atom stereocenters. The molecular formula is C12H20NO5P. The number of cyclic esters (lactones) is 1. The standard InChI is InChI=1S/C12H20NO5P/c1-4-17-19(15,18-5-2)8-10-9(3)6-13-11(10)7-16-12(13)14/h10-11H,3-8H2,1-2H3/t10-,11-/m1/s1. The normalized spacial score (nSPS) is 26.7. The summed E-state index contributed by atoms with van der Waals surface area (Å²) in [6.45, 7) is 8.99. The number of carbonyl (C=O) groups excluding carboxylic acids is 1. The molecule has 0 bridgehead atoms. The molecule has 2 heterocycles. The fraction of sp³-hybridized carbons (Fsp3) is 0.750. The largest absolute Gasteiger partial charge is 0.447 e. The number of nitrogens with zero attached hydrogens (tertiary/aromatic N) is 1. The zero-order valence-corrected chi connectivity index (χ0v) is 12.2. The van der Waals surface area contributed by atoms with Crippen LogP contribution in [-0.4, -0.2) is 49.6 Å². The molecule has 0 saturated carbocycles. The van der Waals surface area contributed by atoms with Gasteiger partial charge in [-0.3, -0.25) is 9.46 Å². The second-order valence-corrected chi connectivity index (χ2v) is 6.77. The van der Waals surface area contributed by atoms with Gasteiger partial charge >= 0.3 is 13.7 Å². The third-order valence-corrected chi connectivity index (χ3v) is 5.59. The summed E-state index contributed by atoms with van der Waals surface area (Å²) in [5.74, 6) is -0.0876. The Hall–Kier alpha value is -0.840. The molecule has 0 N–H and O–H groups in total. The molecule has 2 saturated heterocycles. The van der Waals surface area contributed by atoms with Crippen molar-refractivity contribution < 1.29 is 23.1 Å². The molecule has 2 fully saturated rings. The van der Waals surface area contributed by atoms with E-state index >= 15 is 0 Å². The first-order chi connectivity index (χ1) is 9.00. The molecule has 108 valence electrons. The summed E-state index contributed by atoms with van der Waals surface area (Å²) < 4.78 is 28.2. The van der Waals surface area contributed by atoms with E-state index in [0.29, 0.717) is 26.4 Å². The molecule has 0 radical (unpaired) electrons. The van der Waals surface area contributed by atoms with Crippen LogP contribution in [0.5, 0.6) is 0 Å². The number of rotatable bonds is 6. The number of ether oxygens (including phenoxy) is 1. The molecule has 0 aromatic rings. The summed E-state index contributed by atoms with van der Waals surface area (Å²) in [5, 5.41) is 0. The first-order valence-electron chi connectivity index (χ1n) is 6.50. The second kappa shape index (κ2) is 5.65. The van der Waals surface area contributed by atoms with Crippen LogP contribution in [0.4, 0.5) is 4.79 Å². The Morgan fingerprint density at radius 1 is 1.42 bits per heavy atom. The highest BCUT2D eigenvalue weighted by Gasteiger charge is 2.48. The minimum Gasteiger partial charge on any atom is -0.447 e. The van der Waals surface area contributed by atoms with E-state index in [1.54, 1.807) is 18.7 Å². The van der Waals surface area contributed by atoms with Crippen molar-refractivity contribution in [2.75, 3.05) is 32.5 Å². The summed E-state index contributed by atoms with van der Waals surface area (Å²) in [6.07, 6.45) is -0.0676. The molecule has 1 amide bonds. The van der Waals surface area contributed by atoms with Gasteiger partial charge < -0.3 is 13.8 Å². The lowest BCUT2D eigenvalue weighted by Crippen LogP contribution is -2.31. The fourth-order valence-electron chi connectivity index (χ4n) is 2.62. The summed E-state index contributed by atoms with van der Waals surface area (Å²) in [6, 6.07) is -0.0887. The van der Waals surface area contributed by atoms with Crippen molar-refractivity contribution in [3.8, 4) is 0 Å². The summed E-state index contributed by atoms with van der Waals surface area (Å²) in [7, 11) is -3.13. The van der Waals surface area contributed by atoms with Crippen molar-refractivity contribution in [2.45, 2.75) is 19.9 Å². The van der Waals surface area contributed by atoms with Gasteiger partial charge in [0.2, 0.25) is 0 Å². The van der Waals surface area contributed by atoms with E-state index in [1.807, 2.05) is 0 Å². The highest BCUT2D eigenvalue weighted by atomic mass is 31.2. The quantitative estimate of drug-likeness (QED) is 0.554. The maximum Gasteiger partial charge on any atom is 0.410 e. The maximum atomic E-state index is 12.6. The van der Waals surface area contributed by atoms with Crippen molar-refractivity contribution in [3.05, 3.63) is 12.2 Å². The molecule has 7 heteroatoms. The molecule has 2 aliphatic heterocycles. The first-order valence-corrected chi connectivity index (χ1v) is 8.22. The highest BCUT2D eigenvalue weighted by molar-refractivity contribution is 7.53. The number of hydrogen-bond donors (Lipinski definition) is 0. The van der Waals surface area contributed by atoms with Crippen LogP contribution in [0.15, 0.2) is 12.2 Å². The van der Waals surface area contributed by atoms with Crippen LogP contribution >= 0.6 is 7.60 Å². The number of fused-ring (bicyclic) bond motifs is 1. The fourth-order valence-corrected chi connectivity index (χ4v) is 4.67. The lowest BCUT2D eigenvalue weighted by atomic mass is 10.0. The third kappa shape index (κ3) is 2.86. The Bertz CT molecular complexity index is 414. The molecule has 0 aromatic heterocycles. The SMILES string of the molecule is C=C1CN2C(=O)OC[C@@H]2[C@@H]1CP(=O)(OCC)OCC. The molecule has 0 aliphatic carbocycles. The van der Waals surface area contributed by atoms with Gasteiger partial charge in [0.15, 0.2) is 0 Å². The van der Waals surface area contributed by atoms with Crippen molar-refractivity contribution in [1.82, 2.24) is 4.90 Å². The van der Waals surface area contributed by atoms with Crippen molar-refractivity contribution in [2.24, 2.45) is 5.92 Å². The topological polar surface area (TPSA) is 65.1 Å². The first kappa shape index (κ1) is 14.6. The minimum atomic E-state index is -3.13. The van der Waals surface area contributed by atoms with Gasteiger partial charge in [0, 0.05) is 12.5 Å². The molecule has 19 heavy (non-hydrogen) atoms. The molecule has 6 nitrogen and oxygen atoms in total. The summed E-state index contributed by atoms with van der Waals surface area (Å²) in [4.78, 5) is 13.1. The van der Waals surface area contributed by atoms with Gasteiger partial charge in [-0.1, -0.05) is 12.2 Å². The number of amides is 1. The Morgan fingerprint density at radius 2 is 2.05 bits per heavy atom. The van der Waals surface area contributed by atoms with Gasteiger partial charge in [-0.05, 0) is 13.8 Å². The van der Waals surface area contributed by atoms with E-state index in [1.165, 1.54) is 0 Å². The molecular weight excluding hydrogens is 269 g/mol. The summed E-state index contributed by atoms with van der Waals surface area (Å²) in [5.41, 5.74) is 0.890.